The Hall–Kier alpha value is -1.15. The Morgan fingerprint density at radius 1 is 1.50 bits per heavy atom. The summed E-state index contributed by atoms with van der Waals surface area (Å²) >= 11 is 0. The molecule has 0 radical (unpaired) electrons. The molecule has 88 valence electrons. The third kappa shape index (κ3) is 3.78. The number of aryl methyl sites for hydroxylation is 1. The molecule has 0 saturated carbocycles. The Balaban J connectivity index is 2.45. The van der Waals surface area contributed by atoms with Crippen LogP contribution in [-0.4, -0.2) is 11.0 Å². The predicted molar refractivity (Wildman–Crippen MR) is 69.3 cm³/mol. The topological polar surface area (TPSA) is 24.9 Å². The first-order valence-electron chi connectivity index (χ1n) is 5.90. The third-order valence-corrected chi connectivity index (χ3v) is 3.10. The first-order chi connectivity index (χ1) is 7.65. The van der Waals surface area contributed by atoms with E-state index < -0.39 is 0 Å². The molecule has 2 atom stereocenters. The monoisotopic (exact) mass is 218 g/mol. The molecule has 16 heavy (non-hydrogen) atoms. The zero-order valence-electron chi connectivity index (χ0n) is 10.5. The number of hydrogen-bond acceptors (Lipinski definition) is 2. The molecule has 2 nitrogen and oxygen atoms in total. The summed E-state index contributed by atoms with van der Waals surface area (Å²) in [6, 6.07) is 4.56. The number of nitrogens with zero attached hydrogens (tertiary/aromatic N) is 1. The Kier molecular flexibility index (Phi) is 5.20. The Morgan fingerprint density at radius 3 is 2.88 bits per heavy atom. The Labute approximate surface area is 98.8 Å². The van der Waals surface area contributed by atoms with Crippen LogP contribution in [0.1, 0.15) is 31.5 Å². The van der Waals surface area contributed by atoms with E-state index in [1.807, 2.05) is 18.3 Å². The van der Waals surface area contributed by atoms with Gasteiger partial charge in [-0.1, -0.05) is 19.1 Å². The second kappa shape index (κ2) is 6.44. The summed E-state index contributed by atoms with van der Waals surface area (Å²) in [4.78, 5) is 4.37. The normalized spacial score (nSPS) is 14.4. The van der Waals surface area contributed by atoms with Crippen molar-refractivity contribution in [3.63, 3.8) is 0 Å². The van der Waals surface area contributed by atoms with Crippen molar-refractivity contribution in [2.45, 2.75) is 39.8 Å². The lowest BCUT2D eigenvalue weighted by Crippen LogP contribution is -2.31. The van der Waals surface area contributed by atoms with E-state index in [1.165, 1.54) is 5.56 Å². The highest BCUT2D eigenvalue weighted by Gasteiger charge is 2.10. The van der Waals surface area contributed by atoms with Gasteiger partial charge in [0.15, 0.2) is 0 Å². The Bertz CT molecular complexity index is 333. The smallest absolute Gasteiger partial charge is 0.0570 e. The molecule has 0 spiro atoms. The fraction of sp³-hybridized carbons (Fsp3) is 0.500. The summed E-state index contributed by atoms with van der Waals surface area (Å²) in [6.45, 7) is 11.2. The molecular formula is C14H22N2. The van der Waals surface area contributed by atoms with E-state index in [1.54, 1.807) is 0 Å². The average Bonchev–Trinajstić information content (AvgIpc) is 2.28. The molecule has 1 heterocycles. The number of allylic oxidation sites excluding steroid dienone is 1. The maximum atomic E-state index is 4.37. The molecule has 0 aliphatic rings. The second-order valence-electron chi connectivity index (χ2n) is 4.44. The van der Waals surface area contributed by atoms with Crippen molar-refractivity contribution in [3.8, 4) is 0 Å². The fourth-order valence-corrected chi connectivity index (χ4v) is 1.63. The largest absolute Gasteiger partial charge is 0.308 e. The van der Waals surface area contributed by atoms with E-state index in [0.717, 1.165) is 18.7 Å². The van der Waals surface area contributed by atoms with E-state index in [9.17, 15) is 0 Å². The number of aromatic nitrogens is 1. The van der Waals surface area contributed by atoms with Crippen LogP contribution in [0.25, 0.3) is 0 Å². The minimum absolute atomic E-state index is 0.486. The van der Waals surface area contributed by atoms with E-state index in [4.69, 9.17) is 0 Å². The molecule has 2 heteroatoms. The van der Waals surface area contributed by atoms with Crippen LogP contribution < -0.4 is 5.32 Å². The van der Waals surface area contributed by atoms with Crippen molar-refractivity contribution in [2.24, 2.45) is 5.92 Å². The van der Waals surface area contributed by atoms with Crippen LogP contribution in [0.3, 0.4) is 0 Å². The molecule has 0 saturated heterocycles. The van der Waals surface area contributed by atoms with Gasteiger partial charge in [0.2, 0.25) is 0 Å². The molecule has 0 fully saturated rings. The number of rotatable bonds is 6. The van der Waals surface area contributed by atoms with Crippen molar-refractivity contribution in [2.75, 3.05) is 0 Å². The molecule has 1 aromatic rings. The van der Waals surface area contributed by atoms with Crippen LogP contribution in [0.2, 0.25) is 0 Å². The summed E-state index contributed by atoms with van der Waals surface area (Å²) in [7, 11) is 0. The SMILES string of the molecule is C=CCC(C)C(C)NCc1ncccc1C. The summed E-state index contributed by atoms with van der Waals surface area (Å²) in [5.74, 6) is 0.613. The van der Waals surface area contributed by atoms with Gasteiger partial charge in [-0.2, -0.15) is 0 Å². The number of nitrogens with one attached hydrogen (secondary N) is 1. The van der Waals surface area contributed by atoms with Crippen molar-refractivity contribution >= 4 is 0 Å². The summed E-state index contributed by atoms with van der Waals surface area (Å²) in [6.07, 6.45) is 4.88. The minimum atomic E-state index is 0.486. The van der Waals surface area contributed by atoms with Gasteiger partial charge in [0.25, 0.3) is 0 Å². The summed E-state index contributed by atoms with van der Waals surface area (Å²) in [5.41, 5.74) is 2.39. The molecule has 0 bridgehead atoms. The van der Waals surface area contributed by atoms with Gasteiger partial charge in [0, 0.05) is 18.8 Å². The van der Waals surface area contributed by atoms with Gasteiger partial charge < -0.3 is 5.32 Å². The maximum absolute atomic E-state index is 4.37. The lowest BCUT2D eigenvalue weighted by atomic mass is 10.00. The van der Waals surface area contributed by atoms with Crippen LogP contribution in [-0.2, 0) is 6.54 Å². The fourth-order valence-electron chi connectivity index (χ4n) is 1.63. The quantitative estimate of drug-likeness (QED) is 0.742. The van der Waals surface area contributed by atoms with Gasteiger partial charge in [-0.3, -0.25) is 4.98 Å². The highest BCUT2D eigenvalue weighted by Crippen LogP contribution is 2.09. The molecule has 1 aromatic heterocycles. The second-order valence-corrected chi connectivity index (χ2v) is 4.44. The molecule has 0 amide bonds. The Morgan fingerprint density at radius 2 is 2.25 bits per heavy atom. The van der Waals surface area contributed by atoms with Crippen LogP contribution in [0.5, 0.6) is 0 Å². The van der Waals surface area contributed by atoms with Crippen molar-refractivity contribution in [1.29, 1.82) is 0 Å². The predicted octanol–water partition coefficient (Wildman–Crippen LogP) is 3.08. The molecule has 0 aliphatic heterocycles. The van der Waals surface area contributed by atoms with Gasteiger partial charge in [-0.15, -0.1) is 6.58 Å². The van der Waals surface area contributed by atoms with Gasteiger partial charge >= 0.3 is 0 Å². The summed E-state index contributed by atoms with van der Waals surface area (Å²) in [5, 5.41) is 3.51. The van der Waals surface area contributed by atoms with E-state index in [0.29, 0.717) is 12.0 Å². The van der Waals surface area contributed by atoms with Crippen LogP contribution in [0.4, 0.5) is 0 Å². The van der Waals surface area contributed by atoms with Crippen molar-refractivity contribution < 1.29 is 0 Å². The van der Waals surface area contributed by atoms with Crippen molar-refractivity contribution in [3.05, 3.63) is 42.2 Å². The van der Waals surface area contributed by atoms with Crippen LogP contribution in [0, 0.1) is 12.8 Å². The molecule has 0 aromatic carbocycles. The highest BCUT2D eigenvalue weighted by atomic mass is 14.9. The van der Waals surface area contributed by atoms with Crippen LogP contribution in [0.15, 0.2) is 31.0 Å². The highest BCUT2D eigenvalue weighted by molar-refractivity contribution is 5.17. The molecule has 1 rings (SSSR count). The zero-order chi connectivity index (χ0) is 12.0. The number of hydrogen-bond donors (Lipinski definition) is 1. The van der Waals surface area contributed by atoms with Crippen LogP contribution >= 0.6 is 0 Å². The van der Waals surface area contributed by atoms with Crippen molar-refractivity contribution in [1.82, 2.24) is 10.3 Å². The number of pyridine rings is 1. The first-order valence-corrected chi connectivity index (χ1v) is 5.90. The minimum Gasteiger partial charge on any atom is -0.308 e. The lowest BCUT2D eigenvalue weighted by Gasteiger charge is -2.20. The van der Waals surface area contributed by atoms with E-state index in [-0.39, 0.29) is 0 Å². The van der Waals surface area contributed by atoms with Gasteiger partial charge in [-0.05, 0) is 37.8 Å². The van der Waals surface area contributed by atoms with E-state index in [2.05, 4.69) is 43.7 Å². The lowest BCUT2D eigenvalue weighted by molar-refractivity contribution is 0.400. The van der Waals surface area contributed by atoms with E-state index >= 15 is 0 Å². The third-order valence-electron chi connectivity index (χ3n) is 3.10. The summed E-state index contributed by atoms with van der Waals surface area (Å²) < 4.78 is 0. The zero-order valence-corrected chi connectivity index (χ0v) is 10.5. The molecule has 2 unspecified atom stereocenters. The standard InChI is InChI=1S/C14H22N2/c1-5-7-11(2)13(4)16-10-14-12(3)8-6-9-15-14/h5-6,8-9,11,13,16H,1,7,10H2,2-4H3. The van der Waals surface area contributed by atoms with Gasteiger partial charge in [0.05, 0.1) is 5.69 Å². The maximum Gasteiger partial charge on any atom is 0.0570 e. The molecular weight excluding hydrogens is 196 g/mol. The first kappa shape index (κ1) is 12.9. The van der Waals surface area contributed by atoms with Gasteiger partial charge in [0.1, 0.15) is 0 Å². The average molecular weight is 218 g/mol. The molecule has 1 N–H and O–H groups in total. The van der Waals surface area contributed by atoms with Gasteiger partial charge in [-0.25, -0.2) is 0 Å². The molecule has 0 aliphatic carbocycles.